The molecule has 3 rings (SSSR count). The van der Waals surface area contributed by atoms with E-state index in [9.17, 15) is 9.59 Å². The fourth-order valence-corrected chi connectivity index (χ4v) is 3.56. The second-order valence-electron chi connectivity index (χ2n) is 7.34. The summed E-state index contributed by atoms with van der Waals surface area (Å²) >= 11 is 0. The Morgan fingerprint density at radius 2 is 1.60 bits per heavy atom. The third kappa shape index (κ3) is 6.24. The molecular formula is C24H30N2O4. The van der Waals surface area contributed by atoms with Gasteiger partial charge in [-0.25, -0.2) is 0 Å². The zero-order chi connectivity index (χ0) is 21.2. The normalized spacial score (nSPS) is 14.2. The van der Waals surface area contributed by atoms with Crippen molar-refractivity contribution in [2.45, 2.75) is 32.6 Å². The van der Waals surface area contributed by atoms with Gasteiger partial charge in [-0.1, -0.05) is 30.3 Å². The number of ether oxygens (including phenoxy) is 2. The van der Waals surface area contributed by atoms with E-state index < -0.39 is 0 Å². The predicted octanol–water partition coefficient (Wildman–Crippen LogP) is 4.12. The fraction of sp³-hybridized carbons (Fsp3) is 0.417. The lowest BCUT2D eigenvalue weighted by Gasteiger charge is -2.31. The Labute approximate surface area is 178 Å². The average molecular weight is 411 g/mol. The van der Waals surface area contributed by atoms with Crippen molar-refractivity contribution in [2.75, 3.05) is 31.6 Å². The molecule has 0 aromatic heterocycles. The first kappa shape index (κ1) is 21.7. The molecule has 1 N–H and O–H groups in total. The summed E-state index contributed by atoms with van der Waals surface area (Å²) < 4.78 is 11.3. The van der Waals surface area contributed by atoms with Crippen molar-refractivity contribution in [3.05, 3.63) is 54.6 Å². The van der Waals surface area contributed by atoms with E-state index >= 15 is 0 Å². The molecule has 1 saturated heterocycles. The third-order valence-corrected chi connectivity index (χ3v) is 5.20. The fourth-order valence-electron chi connectivity index (χ4n) is 3.56. The first-order valence-corrected chi connectivity index (χ1v) is 10.7. The smallest absolute Gasteiger partial charge is 0.227 e. The third-order valence-electron chi connectivity index (χ3n) is 5.20. The number of benzene rings is 2. The van der Waals surface area contributed by atoms with E-state index in [0.29, 0.717) is 57.7 Å². The summed E-state index contributed by atoms with van der Waals surface area (Å²) in [6.45, 7) is 4.23. The van der Waals surface area contributed by atoms with Crippen LogP contribution in [0.1, 0.15) is 32.6 Å². The van der Waals surface area contributed by atoms with Crippen LogP contribution in [0.25, 0.3) is 0 Å². The van der Waals surface area contributed by atoms with Crippen molar-refractivity contribution < 1.29 is 19.1 Å². The maximum absolute atomic E-state index is 12.5. The molecular weight excluding hydrogens is 380 g/mol. The van der Waals surface area contributed by atoms with Gasteiger partial charge in [0.05, 0.1) is 13.2 Å². The predicted molar refractivity (Wildman–Crippen MR) is 117 cm³/mol. The van der Waals surface area contributed by atoms with Crippen LogP contribution >= 0.6 is 0 Å². The number of likely N-dealkylation sites (tertiary alicyclic amines) is 1. The van der Waals surface area contributed by atoms with E-state index in [0.717, 1.165) is 11.4 Å². The minimum Gasteiger partial charge on any atom is -0.490 e. The number of nitrogens with zero attached hydrogens (tertiary/aromatic N) is 1. The zero-order valence-electron chi connectivity index (χ0n) is 17.5. The first-order chi connectivity index (χ1) is 14.7. The Morgan fingerprint density at radius 3 is 2.27 bits per heavy atom. The highest BCUT2D eigenvalue weighted by atomic mass is 16.5. The van der Waals surface area contributed by atoms with E-state index in [1.807, 2.05) is 66.4 Å². The highest BCUT2D eigenvalue weighted by Crippen LogP contribution is 2.26. The van der Waals surface area contributed by atoms with E-state index in [1.165, 1.54) is 0 Å². The van der Waals surface area contributed by atoms with Crippen molar-refractivity contribution in [1.29, 1.82) is 0 Å². The summed E-state index contributed by atoms with van der Waals surface area (Å²) in [5.74, 6) is 1.54. The zero-order valence-corrected chi connectivity index (χ0v) is 17.5. The largest absolute Gasteiger partial charge is 0.490 e. The van der Waals surface area contributed by atoms with Crippen LogP contribution in [-0.2, 0) is 9.59 Å². The number of piperidine rings is 1. The minimum absolute atomic E-state index is 0.0367. The Bertz CT molecular complexity index is 817. The van der Waals surface area contributed by atoms with Crippen molar-refractivity contribution in [3.63, 3.8) is 0 Å². The van der Waals surface area contributed by atoms with Crippen LogP contribution in [-0.4, -0.2) is 43.0 Å². The lowest BCUT2D eigenvalue weighted by Crippen LogP contribution is -2.41. The molecule has 0 saturated carbocycles. The Morgan fingerprint density at radius 1 is 0.967 bits per heavy atom. The number of nitrogens with one attached hydrogen (secondary N) is 1. The standard InChI is InChI=1S/C24H30N2O4/c1-2-29-21-11-6-7-12-22(21)30-18-8-13-23(27)26-16-14-19(15-17-26)24(28)25-20-9-4-3-5-10-20/h3-7,9-12,19H,2,8,13-18H2,1H3,(H,25,28). The van der Waals surface area contributed by atoms with Gasteiger partial charge in [-0.15, -0.1) is 0 Å². The van der Waals surface area contributed by atoms with E-state index in [-0.39, 0.29) is 17.7 Å². The summed E-state index contributed by atoms with van der Waals surface area (Å²) in [6.07, 6.45) is 2.48. The number of para-hydroxylation sites is 3. The van der Waals surface area contributed by atoms with Crippen LogP contribution in [0, 0.1) is 5.92 Å². The molecule has 1 fully saturated rings. The van der Waals surface area contributed by atoms with Crippen LogP contribution in [0.3, 0.4) is 0 Å². The first-order valence-electron chi connectivity index (χ1n) is 10.7. The minimum atomic E-state index is -0.0485. The maximum Gasteiger partial charge on any atom is 0.227 e. The second-order valence-corrected chi connectivity index (χ2v) is 7.34. The van der Waals surface area contributed by atoms with E-state index in [4.69, 9.17) is 9.47 Å². The number of carbonyl (C=O) groups excluding carboxylic acids is 2. The number of anilines is 1. The average Bonchev–Trinajstić information content (AvgIpc) is 2.78. The van der Waals surface area contributed by atoms with Gasteiger partial charge < -0.3 is 19.7 Å². The van der Waals surface area contributed by atoms with Gasteiger partial charge in [-0.2, -0.15) is 0 Å². The van der Waals surface area contributed by atoms with Crippen LogP contribution in [0.5, 0.6) is 11.5 Å². The van der Waals surface area contributed by atoms with Crippen LogP contribution < -0.4 is 14.8 Å². The summed E-state index contributed by atoms with van der Waals surface area (Å²) in [6, 6.07) is 17.0. The Balaban J connectivity index is 1.36. The van der Waals surface area contributed by atoms with E-state index in [2.05, 4.69) is 5.32 Å². The van der Waals surface area contributed by atoms with Crippen molar-refractivity contribution in [1.82, 2.24) is 4.90 Å². The molecule has 160 valence electrons. The summed E-state index contributed by atoms with van der Waals surface area (Å²) in [7, 11) is 0. The summed E-state index contributed by atoms with van der Waals surface area (Å²) in [4.78, 5) is 26.8. The second kappa shape index (κ2) is 11.2. The highest BCUT2D eigenvalue weighted by molar-refractivity contribution is 5.92. The summed E-state index contributed by atoms with van der Waals surface area (Å²) in [5, 5.41) is 2.96. The lowest BCUT2D eigenvalue weighted by atomic mass is 9.95. The van der Waals surface area contributed by atoms with Crippen molar-refractivity contribution in [2.24, 2.45) is 5.92 Å². The van der Waals surface area contributed by atoms with E-state index in [1.54, 1.807) is 0 Å². The van der Waals surface area contributed by atoms with Crippen LogP contribution in [0.4, 0.5) is 5.69 Å². The molecule has 1 aliphatic rings. The van der Waals surface area contributed by atoms with Gasteiger partial charge >= 0.3 is 0 Å². The van der Waals surface area contributed by atoms with Gasteiger partial charge in [-0.3, -0.25) is 9.59 Å². The molecule has 0 bridgehead atoms. The molecule has 0 spiro atoms. The van der Waals surface area contributed by atoms with Gasteiger partial charge in [0.25, 0.3) is 0 Å². The van der Waals surface area contributed by atoms with Crippen LogP contribution in [0.15, 0.2) is 54.6 Å². The van der Waals surface area contributed by atoms with Crippen LogP contribution in [0.2, 0.25) is 0 Å². The number of carbonyl (C=O) groups is 2. The molecule has 0 atom stereocenters. The Hall–Kier alpha value is -3.02. The number of hydrogen-bond acceptors (Lipinski definition) is 4. The van der Waals surface area contributed by atoms with Gasteiger partial charge in [0.15, 0.2) is 11.5 Å². The molecule has 0 aliphatic carbocycles. The molecule has 2 aromatic rings. The molecule has 1 heterocycles. The molecule has 6 nitrogen and oxygen atoms in total. The number of rotatable bonds is 9. The monoisotopic (exact) mass is 410 g/mol. The topological polar surface area (TPSA) is 67.9 Å². The molecule has 0 radical (unpaired) electrons. The molecule has 30 heavy (non-hydrogen) atoms. The number of amides is 2. The van der Waals surface area contributed by atoms with Gasteiger partial charge in [0.2, 0.25) is 11.8 Å². The maximum atomic E-state index is 12.5. The SMILES string of the molecule is CCOc1ccccc1OCCCC(=O)N1CCC(C(=O)Nc2ccccc2)CC1. The van der Waals surface area contributed by atoms with Crippen molar-refractivity contribution in [3.8, 4) is 11.5 Å². The number of hydrogen-bond donors (Lipinski definition) is 1. The molecule has 0 unspecified atom stereocenters. The Kier molecular flexibility index (Phi) is 8.12. The van der Waals surface area contributed by atoms with Crippen molar-refractivity contribution >= 4 is 17.5 Å². The lowest BCUT2D eigenvalue weighted by molar-refractivity contribution is -0.134. The van der Waals surface area contributed by atoms with Gasteiger partial charge in [0.1, 0.15) is 0 Å². The van der Waals surface area contributed by atoms with Gasteiger partial charge in [-0.05, 0) is 50.5 Å². The highest BCUT2D eigenvalue weighted by Gasteiger charge is 2.27. The molecule has 6 heteroatoms. The quantitative estimate of drug-likeness (QED) is 0.632. The molecule has 2 amide bonds. The molecule has 1 aliphatic heterocycles. The molecule has 2 aromatic carbocycles. The van der Waals surface area contributed by atoms with Gasteiger partial charge in [0, 0.05) is 31.1 Å². The summed E-state index contributed by atoms with van der Waals surface area (Å²) in [5.41, 5.74) is 0.812.